The second kappa shape index (κ2) is 10.1. The first-order valence-electron chi connectivity index (χ1n) is 11.7. The summed E-state index contributed by atoms with van der Waals surface area (Å²) in [6.45, 7) is 1.38. The van der Waals surface area contributed by atoms with Gasteiger partial charge < -0.3 is 20.7 Å². The summed E-state index contributed by atoms with van der Waals surface area (Å²) in [4.78, 5) is 22.8. The number of halogens is 4. The molecule has 1 amide bonds. The molecular formula is C25H24ClF3N6O2. The van der Waals surface area contributed by atoms with Crippen LogP contribution in [-0.2, 0) is 19.5 Å². The Bertz CT molecular complexity index is 1350. The zero-order valence-corrected chi connectivity index (χ0v) is 20.6. The molecule has 0 spiro atoms. The monoisotopic (exact) mass is 532 g/mol. The van der Waals surface area contributed by atoms with Crippen LogP contribution >= 0.6 is 11.6 Å². The Balaban J connectivity index is 1.36. The van der Waals surface area contributed by atoms with Crippen LogP contribution in [0.1, 0.15) is 33.5 Å². The van der Waals surface area contributed by atoms with E-state index in [4.69, 9.17) is 16.3 Å². The van der Waals surface area contributed by atoms with Crippen LogP contribution in [0.25, 0.3) is 0 Å². The average molecular weight is 533 g/mol. The van der Waals surface area contributed by atoms with E-state index in [1.54, 1.807) is 11.0 Å². The third kappa shape index (κ3) is 5.57. The van der Waals surface area contributed by atoms with E-state index in [1.807, 2.05) is 24.3 Å². The molecule has 3 heterocycles. The summed E-state index contributed by atoms with van der Waals surface area (Å²) in [5.74, 6) is 0.925. The molecule has 8 nitrogen and oxygen atoms in total. The number of methoxy groups -OCH3 is 1. The van der Waals surface area contributed by atoms with Crippen molar-refractivity contribution in [3.05, 3.63) is 63.8 Å². The number of amides is 1. The highest BCUT2D eigenvalue weighted by Crippen LogP contribution is 2.35. The molecule has 0 aliphatic carbocycles. The van der Waals surface area contributed by atoms with Crippen molar-refractivity contribution < 1.29 is 22.7 Å². The Morgan fingerprint density at radius 3 is 2.78 bits per heavy atom. The van der Waals surface area contributed by atoms with Crippen LogP contribution in [0.4, 0.5) is 36.3 Å². The lowest BCUT2D eigenvalue weighted by Crippen LogP contribution is -2.33. The van der Waals surface area contributed by atoms with Crippen molar-refractivity contribution in [1.82, 2.24) is 20.2 Å². The number of nitrogens with one attached hydrogen (secondary N) is 3. The Morgan fingerprint density at radius 2 is 2.00 bits per heavy atom. The maximum atomic E-state index is 12.6. The highest BCUT2D eigenvalue weighted by molar-refractivity contribution is 6.33. The normalized spacial score (nSPS) is 15.1. The maximum Gasteiger partial charge on any atom is 0.390 e. The quantitative estimate of drug-likeness (QED) is 0.386. The van der Waals surface area contributed by atoms with Crippen molar-refractivity contribution in [2.45, 2.75) is 32.1 Å². The number of nitrogens with zero attached hydrogens (tertiary/aromatic N) is 3. The largest absolute Gasteiger partial charge is 0.495 e. The van der Waals surface area contributed by atoms with Gasteiger partial charge in [0.25, 0.3) is 5.91 Å². The van der Waals surface area contributed by atoms with E-state index in [-0.39, 0.29) is 23.4 Å². The number of aromatic nitrogens is 2. The fourth-order valence-electron chi connectivity index (χ4n) is 4.53. The van der Waals surface area contributed by atoms with E-state index in [0.29, 0.717) is 54.6 Å². The second-order valence-corrected chi connectivity index (χ2v) is 9.28. The van der Waals surface area contributed by atoms with Crippen molar-refractivity contribution in [3.63, 3.8) is 0 Å². The summed E-state index contributed by atoms with van der Waals surface area (Å²) in [5.41, 5.74) is 4.58. The van der Waals surface area contributed by atoms with E-state index < -0.39 is 12.6 Å². The fourth-order valence-corrected chi connectivity index (χ4v) is 4.67. The summed E-state index contributed by atoms with van der Waals surface area (Å²) in [6, 6.07) is 9.25. The minimum Gasteiger partial charge on any atom is -0.495 e. The number of ether oxygens (including phenoxy) is 1. The van der Waals surface area contributed by atoms with E-state index in [0.717, 1.165) is 16.7 Å². The van der Waals surface area contributed by atoms with Crippen LogP contribution in [0.5, 0.6) is 5.75 Å². The summed E-state index contributed by atoms with van der Waals surface area (Å²) in [6.07, 6.45) is -2.95. The van der Waals surface area contributed by atoms with E-state index in [2.05, 4.69) is 25.9 Å². The molecule has 2 aliphatic rings. The lowest BCUT2D eigenvalue weighted by Gasteiger charge is -2.30. The van der Waals surface area contributed by atoms with Crippen LogP contribution in [0.3, 0.4) is 0 Å². The average Bonchev–Trinajstić information content (AvgIpc) is 3.25. The minimum atomic E-state index is -4.18. The first kappa shape index (κ1) is 25.1. The maximum absolute atomic E-state index is 12.6. The van der Waals surface area contributed by atoms with Crippen LogP contribution in [0, 0.1) is 0 Å². The van der Waals surface area contributed by atoms with Gasteiger partial charge in [0.05, 0.1) is 36.7 Å². The number of fused-ring (bicyclic) bond motifs is 2. The number of carbonyl (C=O) groups is 1. The van der Waals surface area contributed by atoms with Gasteiger partial charge in [-0.1, -0.05) is 23.7 Å². The van der Waals surface area contributed by atoms with Gasteiger partial charge in [-0.25, -0.2) is 4.98 Å². The topological polar surface area (TPSA) is 91.4 Å². The lowest BCUT2D eigenvalue weighted by atomic mass is 9.98. The first-order valence-corrected chi connectivity index (χ1v) is 12.0. The third-order valence-electron chi connectivity index (χ3n) is 6.39. The molecule has 0 atom stereocenters. The molecule has 0 bridgehead atoms. The predicted octanol–water partition coefficient (Wildman–Crippen LogP) is 5.18. The zero-order valence-electron chi connectivity index (χ0n) is 19.9. The van der Waals surface area contributed by atoms with Crippen molar-refractivity contribution in [2.24, 2.45) is 0 Å². The highest BCUT2D eigenvalue weighted by atomic mass is 35.5. The second-order valence-electron chi connectivity index (χ2n) is 8.88. The number of hydrogen-bond donors (Lipinski definition) is 3. The molecule has 5 rings (SSSR count). The lowest BCUT2D eigenvalue weighted by molar-refractivity contribution is -0.138. The van der Waals surface area contributed by atoms with Gasteiger partial charge in [-0.05, 0) is 41.3 Å². The zero-order chi connectivity index (χ0) is 26.2. The molecule has 0 radical (unpaired) electrons. The summed E-state index contributed by atoms with van der Waals surface area (Å²) < 4.78 is 43.5. The van der Waals surface area contributed by atoms with Crippen molar-refractivity contribution >= 4 is 40.6 Å². The Labute approximate surface area is 216 Å². The van der Waals surface area contributed by atoms with Gasteiger partial charge in [0.1, 0.15) is 10.8 Å². The van der Waals surface area contributed by atoms with Crippen molar-refractivity contribution in [3.8, 4) is 5.75 Å². The van der Waals surface area contributed by atoms with E-state index in [1.165, 1.54) is 13.3 Å². The van der Waals surface area contributed by atoms with Crippen molar-refractivity contribution in [1.29, 1.82) is 0 Å². The number of rotatable bonds is 7. The van der Waals surface area contributed by atoms with E-state index in [9.17, 15) is 18.0 Å². The summed E-state index contributed by atoms with van der Waals surface area (Å²) in [7, 11) is 1.52. The molecule has 12 heteroatoms. The van der Waals surface area contributed by atoms with Crippen LogP contribution < -0.4 is 20.7 Å². The number of benzene rings is 2. The SMILES string of the molecule is COc1cc2c(cc1Nc1ncc(Cl)c(Nc3cccc4c3C(=O)NC4)n1)CCN(CCC(F)(F)F)C2. The van der Waals surface area contributed by atoms with Gasteiger partial charge in [0.15, 0.2) is 5.82 Å². The smallest absolute Gasteiger partial charge is 0.390 e. The number of alkyl halides is 3. The molecule has 3 aromatic rings. The van der Waals surface area contributed by atoms with Crippen LogP contribution in [-0.4, -0.2) is 47.2 Å². The molecule has 0 saturated heterocycles. The molecule has 194 valence electrons. The number of hydrogen-bond acceptors (Lipinski definition) is 7. The molecule has 1 aromatic heterocycles. The summed E-state index contributed by atoms with van der Waals surface area (Å²) in [5, 5.41) is 9.37. The molecule has 0 fully saturated rings. The molecule has 2 aromatic carbocycles. The Morgan fingerprint density at radius 1 is 1.16 bits per heavy atom. The Hall–Kier alpha value is -3.57. The predicted molar refractivity (Wildman–Crippen MR) is 134 cm³/mol. The van der Waals surface area contributed by atoms with Gasteiger partial charge >= 0.3 is 6.18 Å². The highest BCUT2D eigenvalue weighted by Gasteiger charge is 2.29. The van der Waals surface area contributed by atoms with Gasteiger partial charge in [0, 0.05) is 26.2 Å². The molecule has 3 N–H and O–H groups in total. The minimum absolute atomic E-state index is 0.0358. The molecule has 37 heavy (non-hydrogen) atoms. The third-order valence-corrected chi connectivity index (χ3v) is 6.66. The van der Waals surface area contributed by atoms with Gasteiger partial charge in [-0.3, -0.25) is 9.69 Å². The summed E-state index contributed by atoms with van der Waals surface area (Å²) >= 11 is 6.34. The number of anilines is 4. The molecular weight excluding hydrogens is 509 g/mol. The van der Waals surface area contributed by atoms with E-state index >= 15 is 0 Å². The van der Waals surface area contributed by atoms with Gasteiger partial charge in [-0.15, -0.1) is 0 Å². The van der Waals surface area contributed by atoms with Crippen molar-refractivity contribution in [2.75, 3.05) is 30.8 Å². The fraction of sp³-hybridized carbons (Fsp3) is 0.320. The van der Waals surface area contributed by atoms with Crippen LogP contribution in [0.15, 0.2) is 36.5 Å². The number of carbonyl (C=O) groups excluding carboxylic acids is 1. The first-order chi connectivity index (χ1) is 17.7. The molecule has 0 saturated carbocycles. The van der Waals surface area contributed by atoms with Gasteiger partial charge in [0.2, 0.25) is 5.95 Å². The standard InChI is InChI=1S/C25H24ClF3N6O2/c1-37-20-10-16-13-35(8-6-25(27,28)29)7-5-14(16)9-19(20)33-24-31-12-17(26)22(34-24)32-18-4-2-3-15-11-30-23(36)21(15)18/h2-4,9-10,12H,5-8,11,13H2,1H3,(H,30,36)(H2,31,32,33,34). The molecule has 0 unspecified atom stereocenters. The molecule has 2 aliphatic heterocycles. The Kier molecular flexibility index (Phi) is 6.82. The van der Waals surface area contributed by atoms with Gasteiger partial charge in [-0.2, -0.15) is 18.2 Å². The van der Waals surface area contributed by atoms with Crippen LogP contribution in [0.2, 0.25) is 5.02 Å².